The first-order valence-corrected chi connectivity index (χ1v) is 9.88. The lowest BCUT2D eigenvalue weighted by atomic mass is 9.90. The van der Waals surface area contributed by atoms with Crippen LogP contribution in [0.2, 0.25) is 0 Å². The summed E-state index contributed by atoms with van der Waals surface area (Å²) in [6.07, 6.45) is 2.29. The highest BCUT2D eigenvalue weighted by atomic mass is 32.2. The Labute approximate surface area is 154 Å². The quantitative estimate of drug-likeness (QED) is 0.725. The molecule has 0 aromatic heterocycles. The van der Waals surface area contributed by atoms with Gasteiger partial charge in [-0.15, -0.1) is 0 Å². The summed E-state index contributed by atoms with van der Waals surface area (Å²) in [5, 5.41) is 5.55. The van der Waals surface area contributed by atoms with Gasteiger partial charge < -0.3 is 10.6 Å². The molecular weight excluding hydrogens is 354 g/mol. The monoisotopic (exact) mass is 379 g/mol. The second kappa shape index (κ2) is 8.01. The van der Waals surface area contributed by atoms with Gasteiger partial charge in [0.1, 0.15) is 0 Å². The van der Waals surface area contributed by atoms with Gasteiger partial charge in [-0.3, -0.25) is 9.59 Å². The van der Waals surface area contributed by atoms with Crippen molar-refractivity contribution in [1.29, 1.82) is 0 Å². The van der Waals surface area contributed by atoms with Gasteiger partial charge in [-0.25, -0.2) is 8.42 Å². The molecule has 8 heteroatoms. The van der Waals surface area contributed by atoms with Crippen molar-refractivity contribution in [2.24, 2.45) is 0 Å². The topological polar surface area (TPSA) is 95.6 Å². The number of carbonyl (C=O) groups is 2. The number of nitrogens with one attached hydrogen (secondary N) is 2. The zero-order valence-corrected chi connectivity index (χ0v) is 15.9. The number of hydrogen-bond acceptors (Lipinski definition) is 4. The molecule has 2 rings (SSSR count). The lowest BCUT2D eigenvalue weighted by Gasteiger charge is -2.39. The molecule has 0 unspecified atom stereocenters. The van der Waals surface area contributed by atoms with Crippen LogP contribution >= 0.6 is 0 Å². The largest absolute Gasteiger partial charge is 0.352 e. The summed E-state index contributed by atoms with van der Waals surface area (Å²) in [4.78, 5) is 22.7. The van der Waals surface area contributed by atoms with Crippen LogP contribution in [0.25, 0.3) is 0 Å². The van der Waals surface area contributed by atoms with E-state index in [9.17, 15) is 18.0 Å². The van der Waals surface area contributed by atoms with Crippen LogP contribution in [0.1, 0.15) is 32.3 Å². The van der Waals surface area contributed by atoms with E-state index in [1.54, 1.807) is 24.3 Å². The van der Waals surface area contributed by atoms with Crippen molar-refractivity contribution in [3.05, 3.63) is 42.5 Å². The maximum atomic E-state index is 12.8. The molecule has 0 bridgehead atoms. The average Bonchev–Trinajstić information content (AvgIpc) is 2.60. The van der Waals surface area contributed by atoms with Gasteiger partial charge in [0.25, 0.3) is 0 Å². The number of nitrogens with zero attached hydrogens (tertiary/aromatic N) is 1. The molecule has 142 valence electrons. The third-order valence-corrected chi connectivity index (χ3v) is 6.45. The summed E-state index contributed by atoms with van der Waals surface area (Å²) < 4.78 is 27.1. The summed E-state index contributed by atoms with van der Waals surface area (Å²) in [7, 11) is -3.58. The minimum Gasteiger partial charge on any atom is -0.352 e. The molecular formula is C18H25N3O4S. The van der Waals surface area contributed by atoms with Crippen LogP contribution in [0.15, 0.2) is 41.8 Å². The van der Waals surface area contributed by atoms with E-state index in [0.717, 1.165) is 5.56 Å². The van der Waals surface area contributed by atoms with Crippen LogP contribution in [0, 0.1) is 0 Å². The summed E-state index contributed by atoms with van der Waals surface area (Å²) in [6.45, 7) is 7.82. The van der Waals surface area contributed by atoms with Gasteiger partial charge in [0.2, 0.25) is 21.8 Å². The maximum Gasteiger partial charge on any atom is 0.243 e. The third kappa shape index (κ3) is 4.92. The van der Waals surface area contributed by atoms with Crippen LogP contribution in [0.3, 0.4) is 0 Å². The third-order valence-electron chi connectivity index (χ3n) is 4.54. The highest BCUT2D eigenvalue weighted by molar-refractivity contribution is 7.89. The van der Waals surface area contributed by atoms with Gasteiger partial charge in [0.15, 0.2) is 0 Å². The average molecular weight is 379 g/mol. The summed E-state index contributed by atoms with van der Waals surface area (Å²) in [5.74, 6) is -0.389. The second-order valence-electron chi connectivity index (χ2n) is 6.71. The minimum absolute atomic E-state index is 0.137. The molecule has 0 atom stereocenters. The smallest absolute Gasteiger partial charge is 0.243 e. The number of carbonyl (C=O) groups excluding carboxylic acids is 2. The molecule has 0 aliphatic carbocycles. The van der Waals surface area contributed by atoms with Gasteiger partial charge in [-0.1, -0.05) is 18.7 Å². The number of amides is 2. The highest BCUT2D eigenvalue weighted by Crippen LogP contribution is 2.26. The molecule has 0 spiro atoms. The number of benzene rings is 1. The Kier molecular flexibility index (Phi) is 6.20. The van der Waals surface area contributed by atoms with Crippen LogP contribution < -0.4 is 10.6 Å². The van der Waals surface area contributed by atoms with Gasteiger partial charge in [0, 0.05) is 32.1 Å². The zero-order valence-electron chi connectivity index (χ0n) is 15.1. The van der Waals surface area contributed by atoms with Crippen molar-refractivity contribution in [2.45, 2.75) is 43.7 Å². The fourth-order valence-corrected chi connectivity index (χ4v) is 4.29. The fourth-order valence-electron chi connectivity index (χ4n) is 2.85. The Bertz CT molecular complexity index is 779. The number of rotatable bonds is 6. The normalized spacial score (nSPS) is 17.3. The Morgan fingerprint density at radius 3 is 2.31 bits per heavy atom. The molecule has 1 aromatic rings. The second-order valence-corrected chi connectivity index (χ2v) is 8.65. The van der Waals surface area contributed by atoms with E-state index in [0.29, 0.717) is 32.5 Å². The Morgan fingerprint density at radius 1 is 1.23 bits per heavy atom. The van der Waals surface area contributed by atoms with Gasteiger partial charge in [0.05, 0.1) is 4.90 Å². The maximum absolute atomic E-state index is 12.8. The van der Waals surface area contributed by atoms with Gasteiger partial charge in [-0.05, 0) is 43.5 Å². The predicted octanol–water partition coefficient (Wildman–Crippen LogP) is 1.17. The molecule has 2 amide bonds. The van der Waals surface area contributed by atoms with Crippen molar-refractivity contribution >= 4 is 21.8 Å². The molecule has 1 aliphatic rings. The molecule has 0 radical (unpaired) electrons. The predicted molar refractivity (Wildman–Crippen MR) is 98.7 cm³/mol. The van der Waals surface area contributed by atoms with E-state index >= 15 is 0 Å². The van der Waals surface area contributed by atoms with E-state index in [1.165, 1.54) is 17.3 Å². The highest BCUT2D eigenvalue weighted by Gasteiger charge is 2.36. The summed E-state index contributed by atoms with van der Waals surface area (Å²) >= 11 is 0. The van der Waals surface area contributed by atoms with Crippen molar-refractivity contribution in [2.75, 3.05) is 13.1 Å². The molecule has 26 heavy (non-hydrogen) atoms. The van der Waals surface area contributed by atoms with Crippen LogP contribution in [0.4, 0.5) is 0 Å². The number of hydrogen-bond donors (Lipinski definition) is 2. The molecule has 1 heterocycles. The summed E-state index contributed by atoms with van der Waals surface area (Å²) in [6, 6.07) is 6.50. The van der Waals surface area contributed by atoms with Crippen molar-refractivity contribution in [1.82, 2.24) is 14.9 Å². The number of piperidine rings is 1. The molecule has 1 aliphatic heterocycles. The first-order valence-electron chi connectivity index (χ1n) is 8.44. The van der Waals surface area contributed by atoms with E-state index in [2.05, 4.69) is 17.2 Å². The molecule has 2 N–H and O–H groups in total. The molecule has 1 aromatic carbocycles. The lowest BCUT2D eigenvalue weighted by Crippen LogP contribution is -2.53. The molecule has 0 saturated carbocycles. The fraction of sp³-hybridized carbons (Fsp3) is 0.444. The SMILES string of the molecule is C=CC(=O)NC1(C)CCN(S(=O)(=O)c2ccc(CNC(C)=O)cc2)CC1. The first kappa shape index (κ1) is 20.1. The van der Waals surface area contributed by atoms with Crippen molar-refractivity contribution in [3.63, 3.8) is 0 Å². The Balaban J connectivity index is 2.03. The van der Waals surface area contributed by atoms with Crippen molar-refractivity contribution in [3.8, 4) is 0 Å². The van der Waals surface area contributed by atoms with E-state index in [4.69, 9.17) is 0 Å². The molecule has 7 nitrogen and oxygen atoms in total. The van der Waals surface area contributed by atoms with Crippen molar-refractivity contribution < 1.29 is 18.0 Å². The first-order chi connectivity index (χ1) is 12.2. The van der Waals surface area contributed by atoms with E-state index < -0.39 is 15.6 Å². The standard InChI is InChI=1S/C18H25N3O4S/c1-4-17(23)20-18(3)9-11-21(12-10-18)26(24,25)16-7-5-15(6-8-16)13-19-14(2)22/h4-8H,1,9-13H2,2-3H3,(H,19,22)(H,20,23). The lowest BCUT2D eigenvalue weighted by molar-refractivity contribution is -0.119. The Morgan fingerprint density at radius 2 is 1.81 bits per heavy atom. The molecule has 1 fully saturated rings. The van der Waals surface area contributed by atoms with Crippen LogP contribution in [0.5, 0.6) is 0 Å². The minimum atomic E-state index is -3.58. The van der Waals surface area contributed by atoms with E-state index in [-0.39, 0.29) is 16.7 Å². The zero-order chi connectivity index (χ0) is 19.4. The van der Waals surface area contributed by atoms with E-state index in [1.807, 2.05) is 6.92 Å². The number of sulfonamides is 1. The Hall–Kier alpha value is -2.19. The van der Waals surface area contributed by atoms with Gasteiger partial charge in [-0.2, -0.15) is 4.31 Å². The van der Waals surface area contributed by atoms with Crippen LogP contribution in [-0.2, 0) is 26.2 Å². The molecule has 1 saturated heterocycles. The van der Waals surface area contributed by atoms with Crippen LogP contribution in [-0.4, -0.2) is 43.2 Å². The van der Waals surface area contributed by atoms with Gasteiger partial charge >= 0.3 is 0 Å². The summed E-state index contributed by atoms with van der Waals surface area (Å²) in [5.41, 5.74) is 0.400.